The van der Waals surface area contributed by atoms with Crippen molar-refractivity contribution in [3.05, 3.63) is 83.9 Å². The average Bonchev–Trinajstić information content (AvgIpc) is 2.89. The fourth-order valence-electron chi connectivity index (χ4n) is 3.61. The Morgan fingerprint density at radius 3 is 2.17 bits per heavy atom. The van der Waals surface area contributed by atoms with E-state index >= 15 is 0 Å². The number of ether oxygens (including phenoxy) is 3. The molecule has 0 radical (unpaired) electrons. The van der Waals surface area contributed by atoms with Gasteiger partial charge in [0.25, 0.3) is 0 Å². The molecule has 35 heavy (non-hydrogen) atoms. The molecule has 3 rings (SSSR count). The second-order valence-corrected chi connectivity index (χ2v) is 7.77. The van der Waals surface area contributed by atoms with Gasteiger partial charge in [-0.1, -0.05) is 48.5 Å². The monoisotopic (exact) mass is 477 g/mol. The van der Waals surface area contributed by atoms with Crippen LogP contribution in [0.3, 0.4) is 0 Å². The maximum absolute atomic E-state index is 13.0. The molecule has 8 nitrogen and oxygen atoms in total. The van der Waals surface area contributed by atoms with E-state index in [1.807, 2.05) is 54.6 Å². The molecule has 184 valence electrons. The van der Waals surface area contributed by atoms with Gasteiger partial charge in [-0.05, 0) is 41.8 Å². The minimum absolute atomic E-state index is 0.274. The number of benzene rings is 3. The van der Waals surface area contributed by atoms with Crippen LogP contribution in [0.5, 0.6) is 17.2 Å². The molecule has 1 unspecified atom stereocenters. The second-order valence-electron chi connectivity index (χ2n) is 7.77. The fraction of sp³-hybridized carbons (Fsp3) is 0.259. The number of hydrogen-bond donors (Lipinski definition) is 3. The number of amides is 3. The van der Waals surface area contributed by atoms with Crippen LogP contribution < -0.4 is 30.2 Å². The fourth-order valence-corrected chi connectivity index (χ4v) is 3.61. The molecule has 0 aliphatic heterocycles. The van der Waals surface area contributed by atoms with Gasteiger partial charge < -0.3 is 30.2 Å². The summed E-state index contributed by atoms with van der Waals surface area (Å²) in [5.41, 5.74) is 2.44. The van der Waals surface area contributed by atoms with Crippen LogP contribution in [0.1, 0.15) is 11.1 Å². The Hall–Kier alpha value is -4.20. The van der Waals surface area contributed by atoms with Gasteiger partial charge in [0.05, 0.1) is 27.0 Å². The normalized spacial score (nSPS) is 11.2. The van der Waals surface area contributed by atoms with E-state index in [4.69, 9.17) is 14.2 Å². The van der Waals surface area contributed by atoms with Crippen LogP contribution >= 0.6 is 0 Å². The molecule has 3 aromatic rings. The van der Waals surface area contributed by atoms with Gasteiger partial charge in [-0.15, -0.1) is 0 Å². The van der Waals surface area contributed by atoms with Crippen LogP contribution in [-0.4, -0.2) is 45.9 Å². The minimum atomic E-state index is -0.766. The van der Waals surface area contributed by atoms with E-state index in [1.54, 1.807) is 32.4 Å². The van der Waals surface area contributed by atoms with Crippen molar-refractivity contribution < 1.29 is 23.8 Å². The first-order valence-corrected chi connectivity index (χ1v) is 11.3. The summed E-state index contributed by atoms with van der Waals surface area (Å²) >= 11 is 0. The lowest BCUT2D eigenvalue weighted by Gasteiger charge is -2.20. The molecule has 0 aromatic heterocycles. The number of para-hydroxylation sites is 2. The van der Waals surface area contributed by atoms with Gasteiger partial charge in [-0.2, -0.15) is 0 Å². The van der Waals surface area contributed by atoms with Crippen LogP contribution in [0, 0.1) is 0 Å². The lowest BCUT2D eigenvalue weighted by molar-refractivity contribution is -0.122. The Morgan fingerprint density at radius 2 is 1.46 bits per heavy atom. The van der Waals surface area contributed by atoms with Crippen molar-refractivity contribution in [3.8, 4) is 17.2 Å². The molecule has 0 aliphatic carbocycles. The molecule has 3 amide bonds. The van der Waals surface area contributed by atoms with Crippen LogP contribution in [0.25, 0.3) is 0 Å². The SMILES string of the molecule is COc1ccccc1NC(=O)NC(Cc1ccccc1)C(=O)NCCc1ccc(OC)c(OC)c1. The summed E-state index contributed by atoms with van der Waals surface area (Å²) in [6, 6.07) is 21.0. The van der Waals surface area contributed by atoms with Gasteiger partial charge in [0.2, 0.25) is 5.91 Å². The van der Waals surface area contributed by atoms with E-state index in [9.17, 15) is 9.59 Å². The predicted octanol–water partition coefficient (Wildman–Crippen LogP) is 3.80. The quantitative estimate of drug-likeness (QED) is 0.390. The molecule has 1 atom stereocenters. The van der Waals surface area contributed by atoms with Crippen molar-refractivity contribution >= 4 is 17.6 Å². The first kappa shape index (κ1) is 25.4. The van der Waals surface area contributed by atoms with Gasteiger partial charge in [0.15, 0.2) is 11.5 Å². The smallest absolute Gasteiger partial charge is 0.320 e. The number of carbonyl (C=O) groups excluding carboxylic acids is 2. The molecule has 8 heteroatoms. The Balaban J connectivity index is 1.64. The summed E-state index contributed by atoms with van der Waals surface area (Å²) in [5, 5.41) is 8.48. The van der Waals surface area contributed by atoms with Gasteiger partial charge in [0, 0.05) is 13.0 Å². The van der Waals surface area contributed by atoms with E-state index in [0.29, 0.717) is 42.3 Å². The Bertz CT molecular complexity index is 1120. The largest absolute Gasteiger partial charge is 0.495 e. The summed E-state index contributed by atoms with van der Waals surface area (Å²) in [7, 11) is 4.70. The third kappa shape index (κ3) is 7.40. The molecule has 0 fully saturated rings. The maximum atomic E-state index is 13.0. The zero-order valence-electron chi connectivity index (χ0n) is 20.2. The topological polar surface area (TPSA) is 97.9 Å². The minimum Gasteiger partial charge on any atom is -0.495 e. The lowest BCUT2D eigenvalue weighted by Crippen LogP contribution is -2.49. The summed E-state index contributed by atoms with van der Waals surface area (Å²) in [4.78, 5) is 25.8. The van der Waals surface area contributed by atoms with Crippen molar-refractivity contribution in [3.63, 3.8) is 0 Å². The van der Waals surface area contributed by atoms with E-state index < -0.39 is 12.1 Å². The van der Waals surface area contributed by atoms with Crippen LogP contribution in [0.4, 0.5) is 10.5 Å². The highest BCUT2D eigenvalue weighted by molar-refractivity contribution is 5.94. The van der Waals surface area contributed by atoms with Crippen molar-refractivity contribution in [2.24, 2.45) is 0 Å². The highest BCUT2D eigenvalue weighted by atomic mass is 16.5. The summed E-state index contributed by atoms with van der Waals surface area (Å²) in [5.74, 6) is 1.53. The number of anilines is 1. The molecular weight excluding hydrogens is 446 g/mol. The van der Waals surface area contributed by atoms with Crippen molar-refractivity contribution in [2.75, 3.05) is 33.2 Å². The highest BCUT2D eigenvalue weighted by Crippen LogP contribution is 2.27. The number of hydrogen-bond acceptors (Lipinski definition) is 5. The molecular formula is C27H31N3O5. The van der Waals surface area contributed by atoms with E-state index in [1.165, 1.54) is 7.11 Å². The molecule has 0 saturated heterocycles. The number of methoxy groups -OCH3 is 3. The average molecular weight is 478 g/mol. The second kappa shape index (κ2) is 12.9. The predicted molar refractivity (Wildman–Crippen MR) is 135 cm³/mol. The van der Waals surface area contributed by atoms with Crippen molar-refractivity contribution in [1.82, 2.24) is 10.6 Å². The number of carbonyl (C=O) groups is 2. The maximum Gasteiger partial charge on any atom is 0.320 e. The van der Waals surface area contributed by atoms with Crippen LogP contribution in [0.15, 0.2) is 72.8 Å². The third-order valence-electron chi connectivity index (χ3n) is 5.42. The Labute approximate surface area is 205 Å². The number of urea groups is 1. The van der Waals surface area contributed by atoms with Crippen molar-refractivity contribution in [2.45, 2.75) is 18.9 Å². The standard InChI is InChI=1S/C27H31N3O5/c1-33-23-12-8-7-11-21(23)29-27(32)30-22(17-19-9-5-4-6-10-19)26(31)28-16-15-20-13-14-24(34-2)25(18-20)35-3/h4-14,18,22H,15-17H2,1-3H3,(H,28,31)(H2,29,30,32). The van der Waals surface area contributed by atoms with Crippen molar-refractivity contribution in [1.29, 1.82) is 0 Å². The third-order valence-corrected chi connectivity index (χ3v) is 5.42. The molecule has 0 spiro atoms. The molecule has 0 saturated carbocycles. The Kier molecular flexibility index (Phi) is 9.36. The molecule has 3 aromatic carbocycles. The summed E-state index contributed by atoms with van der Waals surface area (Å²) < 4.78 is 15.9. The molecule has 0 aliphatic rings. The summed E-state index contributed by atoms with van der Waals surface area (Å²) in [6.45, 7) is 0.398. The summed E-state index contributed by atoms with van der Waals surface area (Å²) in [6.07, 6.45) is 0.944. The highest BCUT2D eigenvalue weighted by Gasteiger charge is 2.21. The van der Waals surface area contributed by atoms with Gasteiger partial charge in [0.1, 0.15) is 11.8 Å². The molecule has 3 N–H and O–H groups in total. The number of rotatable bonds is 11. The first-order chi connectivity index (χ1) is 17.0. The Morgan fingerprint density at radius 1 is 0.771 bits per heavy atom. The van der Waals surface area contributed by atoms with E-state index in [2.05, 4.69) is 16.0 Å². The van der Waals surface area contributed by atoms with Gasteiger partial charge >= 0.3 is 6.03 Å². The molecule has 0 bridgehead atoms. The van der Waals surface area contributed by atoms with E-state index in [0.717, 1.165) is 11.1 Å². The molecule has 0 heterocycles. The zero-order valence-corrected chi connectivity index (χ0v) is 20.2. The van der Waals surface area contributed by atoms with Crippen LogP contribution in [-0.2, 0) is 17.6 Å². The zero-order chi connectivity index (χ0) is 25.0. The number of nitrogens with one attached hydrogen (secondary N) is 3. The van der Waals surface area contributed by atoms with Gasteiger partial charge in [-0.25, -0.2) is 4.79 Å². The van der Waals surface area contributed by atoms with E-state index in [-0.39, 0.29) is 5.91 Å². The van der Waals surface area contributed by atoms with Crippen LogP contribution in [0.2, 0.25) is 0 Å². The lowest BCUT2D eigenvalue weighted by atomic mass is 10.1. The van der Waals surface area contributed by atoms with Gasteiger partial charge in [-0.3, -0.25) is 4.79 Å². The first-order valence-electron chi connectivity index (χ1n) is 11.3.